The van der Waals surface area contributed by atoms with Crippen molar-refractivity contribution in [2.45, 2.75) is 12.8 Å². The molecule has 1 aromatic carbocycles. The van der Waals surface area contributed by atoms with Gasteiger partial charge in [0.2, 0.25) is 5.91 Å². The van der Waals surface area contributed by atoms with Crippen LogP contribution in [0.25, 0.3) is 11.1 Å². The Labute approximate surface area is 168 Å². The van der Waals surface area contributed by atoms with E-state index in [1.54, 1.807) is 35.3 Å². The van der Waals surface area contributed by atoms with Gasteiger partial charge in [-0.15, -0.1) is 0 Å². The fraction of sp³-hybridized carbons (Fsp3) is 0.238. The first-order valence-electron chi connectivity index (χ1n) is 9.26. The maximum atomic E-state index is 12.2. The van der Waals surface area contributed by atoms with Crippen molar-refractivity contribution in [2.24, 2.45) is 7.05 Å². The van der Waals surface area contributed by atoms with Crippen LogP contribution in [-0.4, -0.2) is 33.8 Å². The normalized spacial score (nSPS) is 10.5. The van der Waals surface area contributed by atoms with Crippen LogP contribution in [0.2, 0.25) is 0 Å². The standard InChI is InChI=1S/C21H22N6O2/c1-27-14-18(13-25-27)17-10-19(21(29)24-12-17)26-20(28)7-9-23-8-6-15-2-4-16(11-22)5-3-15/h2-5,10,12-14,23H,6-9H2,1H3,(H,24,29)(H,26,28). The topological polar surface area (TPSA) is 116 Å². The third kappa shape index (κ3) is 5.64. The molecule has 0 aliphatic rings. The van der Waals surface area contributed by atoms with Crippen molar-refractivity contribution in [3.63, 3.8) is 0 Å². The number of nitrogens with one attached hydrogen (secondary N) is 3. The highest BCUT2D eigenvalue weighted by molar-refractivity contribution is 5.91. The summed E-state index contributed by atoms with van der Waals surface area (Å²) in [7, 11) is 1.81. The Morgan fingerprint density at radius 1 is 1.24 bits per heavy atom. The Morgan fingerprint density at radius 2 is 2.03 bits per heavy atom. The number of hydrogen-bond donors (Lipinski definition) is 3. The second kappa shape index (κ2) is 9.48. The maximum absolute atomic E-state index is 12.2. The third-order valence-electron chi connectivity index (χ3n) is 4.42. The first kappa shape index (κ1) is 20.0. The monoisotopic (exact) mass is 390 g/mol. The maximum Gasteiger partial charge on any atom is 0.271 e. The average molecular weight is 390 g/mol. The van der Waals surface area contributed by atoms with Crippen molar-refractivity contribution < 1.29 is 4.79 Å². The molecule has 3 aromatic rings. The molecule has 3 N–H and O–H groups in total. The fourth-order valence-electron chi connectivity index (χ4n) is 2.83. The molecule has 0 aliphatic carbocycles. The van der Waals surface area contributed by atoms with E-state index in [2.05, 4.69) is 26.8 Å². The Balaban J connectivity index is 1.45. The number of nitriles is 1. The summed E-state index contributed by atoms with van der Waals surface area (Å²) >= 11 is 0. The van der Waals surface area contributed by atoms with Crippen molar-refractivity contribution in [3.05, 3.63) is 70.4 Å². The van der Waals surface area contributed by atoms with Gasteiger partial charge in [-0.3, -0.25) is 14.3 Å². The van der Waals surface area contributed by atoms with Gasteiger partial charge in [-0.05, 0) is 36.7 Å². The molecule has 1 amide bonds. The summed E-state index contributed by atoms with van der Waals surface area (Å²) in [5, 5.41) is 18.8. The van der Waals surface area contributed by atoms with Gasteiger partial charge in [0.1, 0.15) is 5.69 Å². The van der Waals surface area contributed by atoms with E-state index in [9.17, 15) is 9.59 Å². The number of rotatable bonds is 8. The minimum absolute atomic E-state index is 0.217. The van der Waals surface area contributed by atoms with Gasteiger partial charge < -0.3 is 15.6 Å². The SMILES string of the molecule is Cn1cc(-c2c[nH]c(=O)c(NC(=O)CCNCCc3ccc(C#N)cc3)c2)cn1. The Morgan fingerprint density at radius 3 is 2.72 bits per heavy atom. The number of aromatic amines is 1. The molecule has 8 heteroatoms. The molecule has 0 unspecified atom stereocenters. The zero-order valence-corrected chi connectivity index (χ0v) is 16.1. The molecule has 29 heavy (non-hydrogen) atoms. The summed E-state index contributed by atoms with van der Waals surface area (Å²) in [5.41, 5.74) is 3.26. The lowest BCUT2D eigenvalue weighted by atomic mass is 10.1. The summed E-state index contributed by atoms with van der Waals surface area (Å²) in [5.74, 6) is -0.232. The number of benzene rings is 1. The van der Waals surface area contributed by atoms with Crippen LogP contribution in [0.4, 0.5) is 5.69 Å². The van der Waals surface area contributed by atoms with Crippen molar-refractivity contribution in [1.29, 1.82) is 5.26 Å². The predicted molar refractivity (Wildman–Crippen MR) is 110 cm³/mol. The van der Waals surface area contributed by atoms with E-state index in [0.717, 1.165) is 29.7 Å². The smallest absolute Gasteiger partial charge is 0.271 e. The number of nitrogens with zero attached hydrogens (tertiary/aromatic N) is 3. The zero-order valence-electron chi connectivity index (χ0n) is 16.1. The van der Waals surface area contributed by atoms with Crippen molar-refractivity contribution in [3.8, 4) is 17.2 Å². The highest BCUT2D eigenvalue weighted by atomic mass is 16.2. The first-order chi connectivity index (χ1) is 14.0. The number of aromatic nitrogens is 3. The quantitative estimate of drug-likeness (QED) is 0.507. The summed E-state index contributed by atoms with van der Waals surface area (Å²) in [6.07, 6.45) is 6.18. The Hall–Kier alpha value is -3.70. The van der Waals surface area contributed by atoms with Crippen molar-refractivity contribution in [1.82, 2.24) is 20.1 Å². The number of hydrogen-bond acceptors (Lipinski definition) is 5. The molecule has 0 radical (unpaired) electrons. The molecular weight excluding hydrogens is 368 g/mol. The molecule has 0 fully saturated rings. The van der Waals surface area contributed by atoms with Crippen LogP contribution in [0.15, 0.2) is 53.7 Å². The van der Waals surface area contributed by atoms with Crippen molar-refractivity contribution in [2.75, 3.05) is 18.4 Å². The molecule has 0 aliphatic heterocycles. The first-order valence-corrected chi connectivity index (χ1v) is 9.26. The van der Waals surface area contributed by atoms with E-state index in [0.29, 0.717) is 12.1 Å². The summed E-state index contributed by atoms with van der Waals surface area (Å²) in [4.78, 5) is 26.8. The number of anilines is 1. The molecule has 2 aromatic heterocycles. The van der Waals surface area contributed by atoms with E-state index >= 15 is 0 Å². The highest BCUT2D eigenvalue weighted by Crippen LogP contribution is 2.18. The average Bonchev–Trinajstić information content (AvgIpc) is 3.16. The molecule has 2 heterocycles. The molecule has 3 rings (SSSR count). The molecular formula is C21H22N6O2. The van der Waals surface area contributed by atoms with Crippen LogP contribution in [0, 0.1) is 11.3 Å². The van der Waals surface area contributed by atoms with E-state index in [1.165, 1.54) is 0 Å². The van der Waals surface area contributed by atoms with Crippen LogP contribution < -0.4 is 16.2 Å². The fourth-order valence-corrected chi connectivity index (χ4v) is 2.83. The van der Waals surface area contributed by atoms with Gasteiger partial charge in [0.05, 0.1) is 17.8 Å². The molecule has 8 nitrogen and oxygen atoms in total. The lowest BCUT2D eigenvalue weighted by molar-refractivity contribution is -0.116. The second-order valence-corrected chi connectivity index (χ2v) is 6.64. The minimum Gasteiger partial charge on any atom is -0.327 e. The third-order valence-corrected chi connectivity index (χ3v) is 4.42. The van der Waals surface area contributed by atoms with Crippen LogP contribution in [0.1, 0.15) is 17.5 Å². The van der Waals surface area contributed by atoms with Crippen LogP contribution in [0.3, 0.4) is 0 Å². The lowest BCUT2D eigenvalue weighted by Gasteiger charge is -2.07. The van der Waals surface area contributed by atoms with Gasteiger partial charge >= 0.3 is 0 Å². The van der Waals surface area contributed by atoms with E-state index < -0.39 is 0 Å². The van der Waals surface area contributed by atoms with Crippen LogP contribution in [0.5, 0.6) is 0 Å². The van der Waals surface area contributed by atoms with Crippen LogP contribution in [-0.2, 0) is 18.3 Å². The van der Waals surface area contributed by atoms with E-state index in [4.69, 9.17) is 5.26 Å². The summed E-state index contributed by atoms with van der Waals surface area (Å²) < 4.78 is 1.67. The van der Waals surface area contributed by atoms with Gasteiger partial charge in [0, 0.05) is 43.5 Å². The summed E-state index contributed by atoms with van der Waals surface area (Å²) in [6, 6.07) is 11.2. The molecule has 0 bridgehead atoms. The zero-order chi connectivity index (χ0) is 20.6. The van der Waals surface area contributed by atoms with Crippen molar-refractivity contribution >= 4 is 11.6 Å². The molecule has 0 saturated heterocycles. The van der Waals surface area contributed by atoms with Gasteiger partial charge in [-0.25, -0.2) is 0 Å². The minimum atomic E-state index is -0.347. The number of carbonyl (C=O) groups excluding carboxylic acids is 1. The molecule has 0 atom stereocenters. The predicted octanol–water partition coefficient (Wildman–Crippen LogP) is 1.81. The Kier molecular flexibility index (Phi) is 6.55. The van der Waals surface area contributed by atoms with E-state index in [1.807, 2.05) is 25.4 Å². The number of carbonyl (C=O) groups is 1. The molecule has 0 spiro atoms. The second-order valence-electron chi connectivity index (χ2n) is 6.64. The number of aryl methyl sites for hydroxylation is 1. The lowest BCUT2D eigenvalue weighted by Crippen LogP contribution is -2.25. The largest absolute Gasteiger partial charge is 0.327 e. The highest BCUT2D eigenvalue weighted by Gasteiger charge is 2.09. The van der Waals surface area contributed by atoms with E-state index in [-0.39, 0.29) is 23.6 Å². The molecule has 0 saturated carbocycles. The van der Waals surface area contributed by atoms with Gasteiger partial charge in [0.15, 0.2) is 0 Å². The van der Waals surface area contributed by atoms with Gasteiger partial charge in [0.25, 0.3) is 5.56 Å². The molecule has 148 valence electrons. The number of pyridine rings is 1. The summed E-state index contributed by atoms with van der Waals surface area (Å²) in [6.45, 7) is 1.22. The van der Waals surface area contributed by atoms with Gasteiger partial charge in [-0.2, -0.15) is 10.4 Å². The van der Waals surface area contributed by atoms with Gasteiger partial charge in [-0.1, -0.05) is 12.1 Å². The van der Waals surface area contributed by atoms with Crippen LogP contribution >= 0.6 is 0 Å². The Bertz CT molecular complexity index is 1080. The number of H-pyrrole nitrogens is 1. The number of amides is 1.